The fourth-order valence-corrected chi connectivity index (χ4v) is 2.32. The molecule has 0 aliphatic carbocycles. The first-order valence-electron chi connectivity index (χ1n) is 6.65. The molecule has 0 N–H and O–H groups in total. The van der Waals surface area contributed by atoms with Crippen LogP contribution in [0.3, 0.4) is 0 Å². The molecule has 0 aromatic carbocycles. The van der Waals surface area contributed by atoms with Gasteiger partial charge in [0.05, 0.1) is 0 Å². The Hall–Kier alpha value is 0. The minimum Gasteiger partial charge on any atom is -0.0654 e. The lowest BCUT2D eigenvalue weighted by Crippen LogP contribution is -2.13. The van der Waals surface area contributed by atoms with E-state index in [0.29, 0.717) is 0 Å². The van der Waals surface area contributed by atoms with E-state index in [2.05, 4.69) is 34.6 Å². The second kappa shape index (κ2) is 8.32. The van der Waals surface area contributed by atoms with Crippen molar-refractivity contribution >= 4 is 0 Å². The van der Waals surface area contributed by atoms with E-state index in [1.54, 1.807) is 0 Å². The van der Waals surface area contributed by atoms with Crippen molar-refractivity contribution in [2.75, 3.05) is 0 Å². The molecule has 0 aliphatic heterocycles. The van der Waals surface area contributed by atoms with Crippen molar-refractivity contribution < 1.29 is 0 Å². The minimum absolute atomic E-state index is 0.920. The smallest absolute Gasteiger partial charge is 0.0389 e. The highest BCUT2D eigenvalue weighted by molar-refractivity contribution is 4.67. The highest BCUT2D eigenvalue weighted by Gasteiger charge is 2.16. The maximum Gasteiger partial charge on any atom is -0.0389 e. The van der Waals surface area contributed by atoms with Crippen LogP contribution in [0.4, 0.5) is 0 Å². The maximum atomic E-state index is 2.43. The third-order valence-electron chi connectivity index (χ3n) is 3.73. The fourth-order valence-electron chi connectivity index (χ4n) is 2.32. The van der Waals surface area contributed by atoms with Crippen LogP contribution in [0, 0.1) is 17.8 Å². The zero-order valence-electron chi connectivity index (χ0n) is 11.0. The summed E-state index contributed by atoms with van der Waals surface area (Å²) in [6.45, 7) is 11.8. The summed E-state index contributed by atoms with van der Waals surface area (Å²) in [6, 6.07) is 0. The van der Waals surface area contributed by atoms with Gasteiger partial charge in [-0.15, -0.1) is 0 Å². The van der Waals surface area contributed by atoms with Crippen LogP contribution in [0.5, 0.6) is 0 Å². The van der Waals surface area contributed by atoms with Gasteiger partial charge in [-0.3, -0.25) is 0 Å². The summed E-state index contributed by atoms with van der Waals surface area (Å²) in [4.78, 5) is 0. The molecule has 0 spiro atoms. The van der Waals surface area contributed by atoms with E-state index in [0.717, 1.165) is 17.8 Å². The molecular weight excluding hydrogens is 168 g/mol. The summed E-state index contributed by atoms with van der Waals surface area (Å²) in [7, 11) is 0. The molecule has 0 aromatic rings. The molecule has 14 heavy (non-hydrogen) atoms. The lowest BCUT2D eigenvalue weighted by molar-refractivity contribution is 0.267. The molecule has 0 saturated carbocycles. The van der Waals surface area contributed by atoms with Gasteiger partial charge in [0.2, 0.25) is 0 Å². The Bertz CT molecular complexity index is 117. The predicted octanol–water partition coefficient (Wildman–Crippen LogP) is 5.28. The second-order valence-corrected chi connectivity index (χ2v) is 5.04. The molecule has 0 saturated heterocycles. The molecule has 0 heterocycles. The first-order valence-corrected chi connectivity index (χ1v) is 6.65. The van der Waals surface area contributed by atoms with E-state index < -0.39 is 0 Å². The number of rotatable bonds is 8. The quantitative estimate of drug-likeness (QED) is 0.498. The summed E-state index contributed by atoms with van der Waals surface area (Å²) in [5.41, 5.74) is 0. The van der Waals surface area contributed by atoms with E-state index in [4.69, 9.17) is 0 Å². The summed E-state index contributed by atoms with van der Waals surface area (Å²) in [5.74, 6) is 2.82. The van der Waals surface area contributed by atoms with Gasteiger partial charge in [-0.05, 0) is 24.2 Å². The Morgan fingerprint density at radius 2 is 1.57 bits per heavy atom. The van der Waals surface area contributed by atoms with Crippen LogP contribution in [0.1, 0.15) is 73.1 Å². The third-order valence-corrected chi connectivity index (χ3v) is 3.73. The lowest BCUT2D eigenvalue weighted by Gasteiger charge is -2.24. The zero-order chi connectivity index (χ0) is 11.0. The van der Waals surface area contributed by atoms with Crippen LogP contribution in [0.25, 0.3) is 0 Å². The molecule has 0 heteroatoms. The zero-order valence-corrected chi connectivity index (χ0v) is 11.0. The minimum atomic E-state index is 0.920. The topological polar surface area (TPSA) is 0 Å². The van der Waals surface area contributed by atoms with Crippen molar-refractivity contribution in [1.29, 1.82) is 0 Å². The van der Waals surface area contributed by atoms with E-state index >= 15 is 0 Å². The Kier molecular flexibility index (Phi) is 8.32. The van der Waals surface area contributed by atoms with Gasteiger partial charge < -0.3 is 0 Å². The SMILES string of the molecule is CCCCC(C)CC(CC)C(C)CC. The van der Waals surface area contributed by atoms with Gasteiger partial charge in [-0.1, -0.05) is 66.7 Å². The van der Waals surface area contributed by atoms with Crippen LogP contribution >= 0.6 is 0 Å². The number of unbranched alkanes of at least 4 members (excludes halogenated alkanes) is 1. The molecule has 0 radical (unpaired) electrons. The monoisotopic (exact) mass is 198 g/mol. The van der Waals surface area contributed by atoms with Crippen LogP contribution in [0.2, 0.25) is 0 Å². The van der Waals surface area contributed by atoms with E-state index in [1.165, 1.54) is 38.5 Å². The van der Waals surface area contributed by atoms with Gasteiger partial charge in [0, 0.05) is 0 Å². The van der Waals surface area contributed by atoms with Crippen molar-refractivity contribution in [3.63, 3.8) is 0 Å². The molecule has 0 nitrogen and oxygen atoms in total. The van der Waals surface area contributed by atoms with Crippen LogP contribution in [0.15, 0.2) is 0 Å². The second-order valence-electron chi connectivity index (χ2n) is 5.04. The molecule has 86 valence electrons. The highest BCUT2D eigenvalue weighted by Crippen LogP contribution is 2.27. The summed E-state index contributed by atoms with van der Waals surface area (Å²) in [6.07, 6.45) is 8.36. The van der Waals surface area contributed by atoms with Crippen LogP contribution in [-0.4, -0.2) is 0 Å². The van der Waals surface area contributed by atoms with Gasteiger partial charge in [-0.2, -0.15) is 0 Å². The third kappa shape index (κ3) is 5.67. The standard InChI is InChI=1S/C14H30/c1-6-9-10-12(4)11-14(8-3)13(5)7-2/h12-14H,6-11H2,1-5H3. The first-order chi connectivity index (χ1) is 6.65. The van der Waals surface area contributed by atoms with Gasteiger partial charge in [-0.25, -0.2) is 0 Å². The molecule has 0 aliphatic rings. The normalized spacial score (nSPS) is 17.8. The van der Waals surface area contributed by atoms with Gasteiger partial charge in [0.1, 0.15) is 0 Å². The molecule has 0 fully saturated rings. The van der Waals surface area contributed by atoms with Crippen molar-refractivity contribution in [3.8, 4) is 0 Å². The Balaban J connectivity index is 3.79. The molecule has 0 rings (SSSR count). The van der Waals surface area contributed by atoms with E-state index in [1.807, 2.05) is 0 Å². The number of hydrogen-bond donors (Lipinski definition) is 0. The van der Waals surface area contributed by atoms with E-state index in [-0.39, 0.29) is 0 Å². The van der Waals surface area contributed by atoms with Crippen molar-refractivity contribution in [3.05, 3.63) is 0 Å². The maximum absolute atomic E-state index is 2.43. The van der Waals surface area contributed by atoms with E-state index in [9.17, 15) is 0 Å². The van der Waals surface area contributed by atoms with Crippen molar-refractivity contribution in [1.82, 2.24) is 0 Å². The van der Waals surface area contributed by atoms with Crippen molar-refractivity contribution in [2.24, 2.45) is 17.8 Å². The molecule has 0 amide bonds. The molecule has 3 atom stereocenters. The average molecular weight is 198 g/mol. The highest BCUT2D eigenvalue weighted by atomic mass is 14.2. The largest absolute Gasteiger partial charge is 0.0654 e. The predicted molar refractivity (Wildman–Crippen MR) is 66.5 cm³/mol. The number of hydrogen-bond acceptors (Lipinski definition) is 0. The van der Waals surface area contributed by atoms with Gasteiger partial charge in [0.15, 0.2) is 0 Å². The van der Waals surface area contributed by atoms with Gasteiger partial charge >= 0.3 is 0 Å². The van der Waals surface area contributed by atoms with Crippen LogP contribution in [-0.2, 0) is 0 Å². The molecule has 0 aromatic heterocycles. The summed E-state index contributed by atoms with van der Waals surface area (Å²) >= 11 is 0. The fraction of sp³-hybridized carbons (Fsp3) is 1.00. The van der Waals surface area contributed by atoms with Gasteiger partial charge in [0.25, 0.3) is 0 Å². The first kappa shape index (κ1) is 14.0. The Morgan fingerprint density at radius 3 is 2.00 bits per heavy atom. The molecule has 3 unspecified atom stereocenters. The Morgan fingerprint density at radius 1 is 0.929 bits per heavy atom. The molecular formula is C14H30. The molecule has 0 bridgehead atoms. The lowest BCUT2D eigenvalue weighted by atomic mass is 9.81. The van der Waals surface area contributed by atoms with Crippen LogP contribution < -0.4 is 0 Å². The average Bonchev–Trinajstić information content (AvgIpc) is 2.21. The summed E-state index contributed by atoms with van der Waals surface area (Å²) < 4.78 is 0. The van der Waals surface area contributed by atoms with Crippen molar-refractivity contribution in [2.45, 2.75) is 73.1 Å². The Labute approximate surface area is 91.5 Å². The summed E-state index contributed by atoms with van der Waals surface area (Å²) in [5, 5.41) is 0.